The van der Waals surface area contributed by atoms with Crippen LogP contribution < -0.4 is 16.0 Å². The van der Waals surface area contributed by atoms with E-state index in [2.05, 4.69) is 10.3 Å². The second-order valence-electron chi connectivity index (χ2n) is 4.73. The third-order valence-electron chi connectivity index (χ3n) is 3.47. The number of fused-ring (bicyclic) bond motifs is 1. The number of nitrogens with one attached hydrogen (secondary N) is 1. The summed E-state index contributed by atoms with van der Waals surface area (Å²) >= 11 is 0. The number of hydrogen-bond acceptors (Lipinski definition) is 4. The zero-order valence-electron chi connectivity index (χ0n) is 11.0. The van der Waals surface area contributed by atoms with E-state index in [0.29, 0.717) is 13.1 Å². The molecule has 5 nitrogen and oxygen atoms in total. The highest BCUT2D eigenvalue weighted by Gasteiger charge is 2.27. The number of amides is 1. The lowest BCUT2D eigenvalue weighted by Gasteiger charge is -2.37. The van der Waals surface area contributed by atoms with Crippen LogP contribution in [0, 0.1) is 0 Å². The van der Waals surface area contributed by atoms with Crippen LogP contribution in [0.2, 0.25) is 0 Å². The van der Waals surface area contributed by atoms with E-state index in [-0.39, 0.29) is 11.9 Å². The average molecular weight is 268 g/mol. The summed E-state index contributed by atoms with van der Waals surface area (Å²) in [5, 5.41) is 2.88. The molecule has 0 saturated carbocycles. The van der Waals surface area contributed by atoms with Gasteiger partial charge in [-0.25, -0.2) is 0 Å². The smallest absolute Gasteiger partial charge is 0.243 e. The minimum Gasteiger partial charge on any atom is -0.352 e. The number of carbonyl (C=O) groups is 1. The number of nitrogens with two attached hydrogens (primary N) is 1. The first kappa shape index (κ1) is 12.6. The zero-order valence-corrected chi connectivity index (χ0v) is 11.0. The van der Waals surface area contributed by atoms with Crippen LogP contribution in [0.15, 0.2) is 48.8 Å². The monoisotopic (exact) mass is 268 g/mol. The highest BCUT2D eigenvalue weighted by molar-refractivity contribution is 6.01. The third-order valence-corrected chi connectivity index (χ3v) is 3.47. The third kappa shape index (κ3) is 2.23. The molecule has 102 valence electrons. The molecule has 1 aromatic heterocycles. The van der Waals surface area contributed by atoms with Gasteiger partial charge in [-0.3, -0.25) is 9.78 Å². The fourth-order valence-corrected chi connectivity index (χ4v) is 2.55. The van der Waals surface area contributed by atoms with Crippen molar-refractivity contribution in [2.24, 2.45) is 5.73 Å². The van der Waals surface area contributed by atoms with Crippen molar-refractivity contribution in [2.75, 3.05) is 23.3 Å². The van der Waals surface area contributed by atoms with E-state index in [1.807, 2.05) is 41.3 Å². The normalized spacial score (nSPS) is 15.4. The Morgan fingerprint density at radius 2 is 2.15 bits per heavy atom. The topological polar surface area (TPSA) is 71.2 Å². The molecule has 1 aromatic carbocycles. The van der Waals surface area contributed by atoms with Gasteiger partial charge in [0.25, 0.3) is 0 Å². The van der Waals surface area contributed by atoms with Crippen LogP contribution in [0.4, 0.5) is 11.4 Å². The molecule has 0 saturated heterocycles. The quantitative estimate of drug-likeness (QED) is 0.885. The lowest BCUT2D eigenvalue weighted by Crippen LogP contribution is -2.43. The second-order valence-corrected chi connectivity index (χ2v) is 4.73. The van der Waals surface area contributed by atoms with E-state index >= 15 is 0 Å². The second kappa shape index (κ2) is 5.30. The van der Waals surface area contributed by atoms with Gasteiger partial charge in [-0.2, -0.15) is 0 Å². The zero-order chi connectivity index (χ0) is 13.9. The lowest BCUT2D eigenvalue weighted by atomic mass is 10.0. The summed E-state index contributed by atoms with van der Waals surface area (Å²) in [6.45, 7) is 0.723. The summed E-state index contributed by atoms with van der Waals surface area (Å²) < 4.78 is 0. The highest BCUT2D eigenvalue weighted by Crippen LogP contribution is 2.34. The molecule has 3 N–H and O–H groups in total. The van der Waals surface area contributed by atoms with Crippen molar-refractivity contribution in [3.05, 3.63) is 54.4 Å². The molecule has 1 aliphatic rings. The Morgan fingerprint density at radius 3 is 2.90 bits per heavy atom. The number of benzene rings is 1. The minimum absolute atomic E-state index is 0.0222. The number of anilines is 2. The minimum atomic E-state index is -0.0594. The van der Waals surface area contributed by atoms with Crippen molar-refractivity contribution in [3.8, 4) is 0 Å². The summed E-state index contributed by atoms with van der Waals surface area (Å²) in [7, 11) is 0. The van der Waals surface area contributed by atoms with E-state index in [4.69, 9.17) is 5.73 Å². The summed E-state index contributed by atoms with van der Waals surface area (Å²) in [4.78, 5) is 18.1. The summed E-state index contributed by atoms with van der Waals surface area (Å²) in [5.41, 5.74) is 8.77. The van der Waals surface area contributed by atoms with Crippen LogP contribution in [-0.4, -0.2) is 24.0 Å². The molecular formula is C15H16N4O. The Hall–Kier alpha value is -2.40. The lowest BCUT2D eigenvalue weighted by molar-refractivity contribution is -0.115. The van der Waals surface area contributed by atoms with Crippen LogP contribution in [-0.2, 0) is 4.79 Å². The van der Waals surface area contributed by atoms with Crippen LogP contribution in [0.3, 0.4) is 0 Å². The van der Waals surface area contributed by atoms with Crippen molar-refractivity contribution >= 4 is 17.3 Å². The van der Waals surface area contributed by atoms with Crippen molar-refractivity contribution in [1.29, 1.82) is 0 Å². The first-order chi connectivity index (χ1) is 9.79. The SMILES string of the molecule is NCC(c1cccnc1)N1CC(=O)Nc2ccccc21. The van der Waals surface area contributed by atoms with Gasteiger partial charge in [0.2, 0.25) is 5.91 Å². The molecule has 2 aromatic rings. The van der Waals surface area contributed by atoms with Gasteiger partial charge in [-0.1, -0.05) is 18.2 Å². The molecule has 20 heavy (non-hydrogen) atoms. The molecule has 0 bridgehead atoms. The van der Waals surface area contributed by atoms with E-state index in [0.717, 1.165) is 16.9 Å². The van der Waals surface area contributed by atoms with E-state index < -0.39 is 0 Å². The first-order valence-corrected chi connectivity index (χ1v) is 6.55. The van der Waals surface area contributed by atoms with Crippen LogP contribution in [0.5, 0.6) is 0 Å². The van der Waals surface area contributed by atoms with Crippen molar-refractivity contribution in [3.63, 3.8) is 0 Å². The van der Waals surface area contributed by atoms with Crippen LogP contribution >= 0.6 is 0 Å². The standard InChI is InChI=1S/C15H16N4O/c16-8-14(11-4-3-7-17-9-11)19-10-15(20)18-12-5-1-2-6-13(12)19/h1-7,9,14H,8,10,16H2,(H,18,20). The molecule has 5 heteroatoms. The van der Waals surface area contributed by atoms with E-state index in [9.17, 15) is 4.79 Å². The average Bonchev–Trinajstić information content (AvgIpc) is 2.49. The van der Waals surface area contributed by atoms with Gasteiger partial charge in [0.05, 0.1) is 24.0 Å². The number of para-hydroxylation sites is 2. The summed E-state index contributed by atoms with van der Waals surface area (Å²) in [6, 6.07) is 11.6. The molecule has 2 heterocycles. The number of rotatable bonds is 3. The predicted molar refractivity (Wildman–Crippen MR) is 78.5 cm³/mol. The molecule has 1 amide bonds. The number of aromatic nitrogens is 1. The highest BCUT2D eigenvalue weighted by atomic mass is 16.2. The molecule has 1 atom stereocenters. The van der Waals surface area contributed by atoms with Gasteiger partial charge >= 0.3 is 0 Å². The Morgan fingerprint density at radius 1 is 1.30 bits per heavy atom. The van der Waals surface area contributed by atoms with Gasteiger partial charge in [-0.05, 0) is 23.8 Å². The molecular weight excluding hydrogens is 252 g/mol. The summed E-state index contributed by atoms with van der Waals surface area (Å²) in [5.74, 6) is -0.0222. The molecule has 1 unspecified atom stereocenters. The molecule has 0 fully saturated rings. The number of pyridine rings is 1. The van der Waals surface area contributed by atoms with Crippen LogP contribution in [0.25, 0.3) is 0 Å². The number of nitrogens with zero attached hydrogens (tertiary/aromatic N) is 2. The maximum atomic E-state index is 11.9. The largest absolute Gasteiger partial charge is 0.352 e. The number of hydrogen-bond donors (Lipinski definition) is 2. The van der Waals surface area contributed by atoms with Gasteiger partial charge < -0.3 is 16.0 Å². The molecule has 0 radical (unpaired) electrons. The molecule has 1 aliphatic heterocycles. The van der Waals surface area contributed by atoms with Crippen LogP contribution in [0.1, 0.15) is 11.6 Å². The first-order valence-electron chi connectivity index (χ1n) is 6.55. The molecule has 0 aliphatic carbocycles. The Balaban J connectivity index is 2.02. The summed E-state index contributed by atoms with van der Waals surface area (Å²) in [6.07, 6.45) is 3.53. The van der Waals surface area contributed by atoms with Crippen molar-refractivity contribution in [1.82, 2.24) is 4.98 Å². The Bertz CT molecular complexity index is 614. The Labute approximate surface area is 117 Å². The molecule has 3 rings (SSSR count). The van der Waals surface area contributed by atoms with Gasteiger partial charge in [0.15, 0.2) is 0 Å². The fraction of sp³-hybridized carbons (Fsp3) is 0.200. The van der Waals surface area contributed by atoms with Crippen molar-refractivity contribution < 1.29 is 4.79 Å². The van der Waals surface area contributed by atoms with Gasteiger partial charge in [0.1, 0.15) is 0 Å². The number of carbonyl (C=O) groups excluding carboxylic acids is 1. The predicted octanol–water partition coefficient (Wildman–Crippen LogP) is 1.54. The maximum Gasteiger partial charge on any atom is 0.243 e. The Kier molecular flexibility index (Phi) is 3.35. The van der Waals surface area contributed by atoms with Crippen molar-refractivity contribution in [2.45, 2.75) is 6.04 Å². The van der Waals surface area contributed by atoms with Gasteiger partial charge in [0, 0.05) is 18.9 Å². The molecule has 0 spiro atoms. The van der Waals surface area contributed by atoms with E-state index in [1.165, 1.54) is 0 Å². The fourth-order valence-electron chi connectivity index (χ4n) is 2.55. The maximum absolute atomic E-state index is 11.9. The van der Waals surface area contributed by atoms with Gasteiger partial charge in [-0.15, -0.1) is 0 Å². The van der Waals surface area contributed by atoms with E-state index in [1.54, 1.807) is 12.4 Å².